The van der Waals surface area contributed by atoms with E-state index in [9.17, 15) is 14.3 Å². The van der Waals surface area contributed by atoms with Gasteiger partial charge in [0.1, 0.15) is 17.3 Å². The number of thiazole rings is 1. The van der Waals surface area contributed by atoms with E-state index in [0.29, 0.717) is 0 Å². The molecule has 82 valence electrons. The van der Waals surface area contributed by atoms with E-state index in [2.05, 4.69) is 10.3 Å². The molecule has 2 N–H and O–H groups in total. The van der Waals surface area contributed by atoms with E-state index in [4.69, 9.17) is 0 Å². The van der Waals surface area contributed by atoms with E-state index < -0.39 is 11.7 Å². The van der Waals surface area contributed by atoms with Crippen LogP contribution < -0.4 is 5.32 Å². The second kappa shape index (κ2) is 4.28. The smallest absolute Gasteiger partial charge is 0.275 e. The second-order valence-corrected chi connectivity index (χ2v) is 3.71. The third kappa shape index (κ3) is 2.17. The summed E-state index contributed by atoms with van der Waals surface area (Å²) in [6.07, 6.45) is 0. The van der Waals surface area contributed by atoms with Crippen LogP contribution in [-0.2, 0) is 0 Å². The van der Waals surface area contributed by atoms with Crippen molar-refractivity contribution >= 4 is 22.9 Å². The van der Waals surface area contributed by atoms with Crippen LogP contribution in [0.3, 0.4) is 0 Å². The van der Waals surface area contributed by atoms with E-state index in [-0.39, 0.29) is 17.1 Å². The summed E-state index contributed by atoms with van der Waals surface area (Å²) >= 11 is 1.28. The highest BCUT2D eigenvalue weighted by molar-refractivity contribution is 7.07. The maximum Gasteiger partial charge on any atom is 0.275 e. The van der Waals surface area contributed by atoms with Gasteiger partial charge >= 0.3 is 0 Å². The minimum absolute atomic E-state index is 0.0259. The zero-order chi connectivity index (χ0) is 11.5. The Morgan fingerprint density at radius 2 is 2.31 bits per heavy atom. The van der Waals surface area contributed by atoms with Crippen molar-refractivity contribution in [1.29, 1.82) is 0 Å². The van der Waals surface area contributed by atoms with Gasteiger partial charge in [-0.3, -0.25) is 4.79 Å². The maximum atomic E-state index is 12.9. The van der Waals surface area contributed by atoms with Crippen molar-refractivity contribution < 1.29 is 14.3 Å². The highest BCUT2D eigenvalue weighted by Crippen LogP contribution is 2.23. The zero-order valence-corrected chi connectivity index (χ0v) is 8.79. The molecule has 0 saturated heterocycles. The molecule has 0 aliphatic carbocycles. The van der Waals surface area contributed by atoms with Gasteiger partial charge in [0.25, 0.3) is 5.91 Å². The molecule has 1 aromatic heterocycles. The summed E-state index contributed by atoms with van der Waals surface area (Å²) in [5, 5.41) is 13.3. The summed E-state index contributed by atoms with van der Waals surface area (Å²) in [6, 6.07) is 3.32. The first-order valence-electron chi connectivity index (χ1n) is 4.35. The first-order valence-corrected chi connectivity index (χ1v) is 5.29. The zero-order valence-electron chi connectivity index (χ0n) is 7.98. The number of nitrogens with one attached hydrogen (secondary N) is 1. The fourth-order valence-electron chi connectivity index (χ4n) is 1.12. The van der Waals surface area contributed by atoms with Crippen LogP contribution in [0.1, 0.15) is 10.5 Å². The largest absolute Gasteiger partial charge is 0.506 e. The number of halogens is 1. The molecule has 2 aromatic rings. The highest BCUT2D eigenvalue weighted by Gasteiger charge is 2.10. The number of anilines is 1. The Balaban J connectivity index is 2.21. The van der Waals surface area contributed by atoms with Gasteiger partial charge in [0.05, 0.1) is 11.2 Å². The second-order valence-electron chi connectivity index (χ2n) is 2.99. The highest BCUT2D eigenvalue weighted by atomic mass is 32.1. The number of amides is 1. The number of hydrogen-bond donors (Lipinski definition) is 2. The van der Waals surface area contributed by atoms with Gasteiger partial charge in [-0.15, -0.1) is 11.3 Å². The topological polar surface area (TPSA) is 62.2 Å². The van der Waals surface area contributed by atoms with Gasteiger partial charge in [0, 0.05) is 11.4 Å². The molecule has 0 aliphatic rings. The van der Waals surface area contributed by atoms with Crippen LogP contribution >= 0.6 is 11.3 Å². The van der Waals surface area contributed by atoms with E-state index in [1.807, 2.05) is 0 Å². The molecule has 2 rings (SSSR count). The Hall–Kier alpha value is -1.95. The number of phenols is 1. The van der Waals surface area contributed by atoms with Gasteiger partial charge < -0.3 is 10.4 Å². The van der Waals surface area contributed by atoms with Crippen molar-refractivity contribution in [2.45, 2.75) is 0 Å². The van der Waals surface area contributed by atoms with E-state index in [1.165, 1.54) is 22.9 Å². The number of carbonyl (C=O) groups excluding carboxylic acids is 1. The number of hydrogen-bond acceptors (Lipinski definition) is 4. The van der Waals surface area contributed by atoms with Gasteiger partial charge in [-0.25, -0.2) is 9.37 Å². The molecule has 0 fully saturated rings. The Morgan fingerprint density at radius 3 is 3.00 bits per heavy atom. The number of phenolic OH excluding ortho intramolecular Hbond substituents is 1. The number of nitrogens with zero attached hydrogens (tertiary/aromatic N) is 1. The Morgan fingerprint density at radius 1 is 1.50 bits per heavy atom. The molecule has 0 unspecified atom stereocenters. The van der Waals surface area contributed by atoms with Crippen LogP contribution in [0.5, 0.6) is 5.75 Å². The fourth-order valence-corrected chi connectivity index (χ4v) is 1.65. The number of aromatic hydroxyl groups is 1. The summed E-state index contributed by atoms with van der Waals surface area (Å²) in [7, 11) is 0. The van der Waals surface area contributed by atoms with Gasteiger partial charge in [-0.1, -0.05) is 0 Å². The molecule has 4 nitrogen and oxygen atoms in total. The molecule has 1 amide bonds. The lowest BCUT2D eigenvalue weighted by Gasteiger charge is -2.05. The minimum atomic E-state index is -0.536. The van der Waals surface area contributed by atoms with Gasteiger partial charge in [-0.2, -0.15) is 0 Å². The standard InChI is InChI=1S/C10H7FN2O2S/c11-6-1-2-9(14)7(3-6)13-10(15)8-4-16-5-12-8/h1-5,14H,(H,13,15). The van der Waals surface area contributed by atoms with Crippen LogP contribution in [-0.4, -0.2) is 16.0 Å². The molecule has 1 aromatic carbocycles. The predicted octanol–water partition coefficient (Wildman–Crippen LogP) is 2.24. The third-order valence-corrected chi connectivity index (χ3v) is 2.46. The molecule has 0 saturated carbocycles. The van der Waals surface area contributed by atoms with Gasteiger partial charge in [0.15, 0.2) is 0 Å². The number of benzene rings is 1. The molecule has 0 radical (unpaired) electrons. The normalized spacial score (nSPS) is 10.1. The van der Waals surface area contributed by atoms with Crippen LogP contribution in [0.15, 0.2) is 29.1 Å². The van der Waals surface area contributed by atoms with E-state index >= 15 is 0 Å². The van der Waals surface area contributed by atoms with E-state index in [0.717, 1.165) is 12.1 Å². The summed E-state index contributed by atoms with van der Waals surface area (Å²) in [5.41, 5.74) is 1.77. The molecular formula is C10H7FN2O2S. The summed E-state index contributed by atoms with van der Waals surface area (Å²) in [4.78, 5) is 15.3. The number of rotatable bonds is 2. The number of carbonyl (C=O) groups is 1. The first-order chi connectivity index (χ1) is 7.66. The molecule has 6 heteroatoms. The average Bonchev–Trinajstić information content (AvgIpc) is 2.76. The molecule has 0 spiro atoms. The molecular weight excluding hydrogens is 231 g/mol. The van der Waals surface area contributed by atoms with Crippen LogP contribution in [0.4, 0.5) is 10.1 Å². The van der Waals surface area contributed by atoms with E-state index in [1.54, 1.807) is 5.38 Å². The lowest BCUT2D eigenvalue weighted by atomic mass is 10.2. The SMILES string of the molecule is O=C(Nc1cc(F)ccc1O)c1cscn1. The van der Waals surface area contributed by atoms with Crippen LogP contribution in [0, 0.1) is 5.82 Å². The monoisotopic (exact) mass is 238 g/mol. The minimum Gasteiger partial charge on any atom is -0.506 e. The van der Waals surface area contributed by atoms with Crippen molar-refractivity contribution in [2.24, 2.45) is 0 Å². The molecule has 0 aliphatic heterocycles. The fraction of sp³-hybridized carbons (Fsp3) is 0. The molecule has 16 heavy (non-hydrogen) atoms. The van der Waals surface area contributed by atoms with Crippen molar-refractivity contribution in [3.05, 3.63) is 40.6 Å². The Labute approximate surface area is 94.4 Å². The van der Waals surface area contributed by atoms with Gasteiger partial charge in [-0.05, 0) is 12.1 Å². The molecule has 0 bridgehead atoms. The number of aromatic nitrogens is 1. The molecule has 0 atom stereocenters. The maximum absolute atomic E-state index is 12.9. The lowest BCUT2D eigenvalue weighted by molar-refractivity contribution is 0.102. The van der Waals surface area contributed by atoms with Crippen molar-refractivity contribution in [2.75, 3.05) is 5.32 Å². The quantitative estimate of drug-likeness (QED) is 0.789. The summed E-state index contributed by atoms with van der Waals surface area (Å²) in [5.74, 6) is -1.21. The summed E-state index contributed by atoms with van der Waals surface area (Å²) in [6.45, 7) is 0. The lowest BCUT2D eigenvalue weighted by Crippen LogP contribution is -2.12. The average molecular weight is 238 g/mol. The van der Waals surface area contributed by atoms with Crippen LogP contribution in [0.25, 0.3) is 0 Å². The van der Waals surface area contributed by atoms with Crippen LogP contribution in [0.2, 0.25) is 0 Å². The van der Waals surface area contributed by atoms with Crippen molar-refractivity contribution in [3.63, 3.8) is 0 Å². The van der Waals surface area contributed by atoms with Gasteiger partial charge in [0.2, 0.25) is 0 Å². The third-order valence-electron chi connectivity index (χ3n) is 1.87. The van der Waals surface area contributed by atoms with Crippen molar-refractivity contribution in [1.82, 2.24) is 4.98 Å². The predicted molar refractivity (Wildman–Crippen MR) is 58.1 cm³/mol. The Kier molecular flexibility index (Phi) is 2.82. The summed E-state index contributed by atoms with van der Waals surface area (Å²) < 4.78 is 12.9. The molecule has 1 heterocycles. The Bertz CT molecular complexity index is 514. The first kappa shape index (κ1) is 10.6. The van der Waals surface area contributed by atoms with Crippen molar-refractivity contribution in [3.8, 4) is 5.75 Å².